The normalized spacial score (nSPS) is 14.8. The van der Waals surface area contributed by atoms with E-state index in [1.165, 1.54) is 9.36 Å². The molecule has 0 saturated carbocycles. The van der Waals surface area contributed by atoms with Crippen LogP contribution in [0.25, 0.3) is 5.82 Å². The lowest BCUT2D eigenvalue weighted by Crippen LogP contribution is -2.31. The van der Waals surface area contributed by atoms with Gasteiger partial charge in [0.25, 0.3) is 0 Å². The Labute approximate surface area is 120 Å². The molecule has 106 valence electrons. The van der Waals surface area contributed by atoms with Crippen molar-refractivity contribution < 1.29 is 0 Å². The minimum Gasteiger partial charge on any atom is -0.245 e. The third-order valence-corrected chi connectivity index (χ3v) is 3.99. The summed E-state index contributed by atoms with van der Waals surface area (Å²) in [6, 6.07) is 1.72. The summed E-state index contributed by atoms with van der Waals surface area (Å²) in [5.74, 6) is 0.662. The molecule has 6 nitrogen and oxygen atoms in total. The van der Waals surface area contributed by atoms with E-state index in [2.05, 4.69) is 4.98 Å². The summed E-state index contributed by atoms with van der Waals surface area (Å²) in [6.45, 7) is 6.67. The van der Waals surface area contributed by atoms with Gasteiger partial charge in [0.15, 0.2) is 0 Å². The predicted octanol–water partition coefficient (Wildman–Crippen LogP) is 1.12. The van der Waals surface area contributed by atoms with Gasteiger partial charge < -0.3 is 0 Å². The molecule has 3 heterocycles. The Morgan fingerprint density at radius 1 is 1.20 bits per heavy atom. The first-order valence-corrected chi connectivity index (χ1v) is 6.84. The molecule has 7 heteroatoms. The zero-order valence-corrected chi connectivity index (χ0v) is 12.3. The molecule has 0 bridgehead atoms. The van der Waals surface area contributed by atoms with Crippen molar-refractivity contribution in [2.75, 3.05) is 0 Å². The molecule has 0 amide bonds. The van der Waals surface area contributed by atoms with Gasteiger partial charge in [-0.1, -0.05) is 18.5 Å². The van der Waals surface area contributed by atoms with E-state index in [9.17, 15) is 9.59 Å². The molecule has 0 N–H and O–H groups in total. The number of aromatic nitrogens is 4. The number of fused-ring (bicyclic) bond motifs is 1. The molecule has 0 unspecified atom stereocenters. The van der Waals surface area contributed by atoms with Gasteiger partial charge in [-0.2, -0.15) is 4.57 Å². The second-order valence-corrected chi connectivity index (χ2v) is 5.77. The Kier molecular flexibility index (Phi) is 2.86. The molecule has 2 aromatic rings. The maximum Gasteiger partial charge on any atom is 0.353 e. The van der Waals surface area contributed by atoms with Crippen LogP contribution in [0.1, 0.15) is 18.2 Å². The Balaban J connectivity index is 2.29. The number of aryl methyl sites for hydroxylation is 2. The van der Waals surface area contributed by atoms with Crippen LogP contribution in [-0.2, 0) is 13.1 Å². The lowest BCUT2D eigenvalue weighted by molar-refractivity contribution is 0.541. The van der Waals surface area contributed by atoms with Crippen LogP contribution in [0, 0.1) is 19.8 Å². The molecule has 20 heavy (non-hydrogen) atoms. The van der Waals surface area contributed by atoms with E-state index in [1.807, 2.05) is 6.92 Å². The molecule has 1 aliphatic rings. The highest BCUT2D eigenvalue weighted by Gasteiger charge is 2.26. The maximum atomic E-state index is 12.4. The number of hydrogen-bond donors (Lipinski definition) is 0. The van der Waals surface area contributed by atoms with Crippen LogP contribution in [0.4, 0.5) is 0 Å². The molecule has 0 spiro atoms. The summed E-state index contributed by atoms with van der Waals surface area (Å²) in [5.41, 5.74) is 0.634. The zero-order valence-electron chi connectivity index (χ0n) is 11.6. The second-order valence-electron chi connectivity index (χ2n) is 5.37. The van der Waals surface area contributed by atoms with Crippen LogP contribution in [0.5, 0.6) is 0 Å². The van der Waals surface area contributed by atoms with Gasteiger partial charge in [0, 0.05) is 13.1 Å². The fourth-order valence-corrected chi connectivity index (χ4v) is 2.79. The standard InChI is InChI=1S/C13H15ClN4O2/c1-7-5-16-12(19)18(13(20)17(16)6-7)11-8(2)4-10(14)9(3)15-11/h4,7H,5-6H2,1-3H3. The van der Waals surface area contributed by atoms with Gasteiger partial charge in [-0.15, -0.1) is 0 Å². The van der Waals surface area contributed by atoms with Crippen molar-refractivity contribution in [1.29, 1.82) is 0 Å². The summed E-state index contributed by atoms with van der Waals surface area (Å²) >= 11 is 6.01. The molecule has 2 aromatic heterocycles. The summed E-state index contributed by atoms with van der Waals surface area (Å²) in [6.07, 6.45) is 0. The molecule has 0 saturated heterocycles. The van der Waals surface area contributed by atoms with Gasteiger partial charge in [0.1, 0.15) is 5.82 Å². The largest absolute Gasteiger partial charge is 0.353 e. The van der Waals surface area contributed by atoms with Crippen molar-refractivity contribution in [3.05, 3.63) is 43.3 Å². The molecule has 0 atom stereocenters. The topological polar surface area (TPSA) is 61.8 Å². The van der Waals surface area contributed by atoms with Crippen LogP contribution in [0.15, 0.2) is 15.7 Å². The summed E-state index contributed by atoms with van der Waals surface area (Å²) in [5, 5.41) is 0.528. The quantitative estimate of drug-likeness (QED) is 0.792. The summed E-state index contributed by atoms with van der Waals surface area (Å²) in [4.78, 5) is 29.1. The van der Waals surface area contributed by atoms with Gasteiger partial charge in [-0.25, -0.2) is 23.9 Å². The third kappa shape index (κ3) is 1.75. The van der Waals surface area contributed by atoms with Crippen LogP contribution < -0.4 is 11.4 Å². The van der Waals surface area contributed by atoms with E-state index in [1.54, 1.807) is 19.9 Å². The van der Waals surface area contributed by atoms with Gasteiger partial charge >= 0.3 is 11.4 Å². The monoisotopic (exact) mass is 294 g/mol. The molecule has 0 radical (unpaired) electrons. The molecular weight excluding hydrogens is 280 g/mol. The highest BCUT2D eigenvalue weighted by atomic mass is 35.5. The van der Waals surface area contributed by atoms with Crippen molar-refractivity contribution in [2.24, 2.45) is 5.92 Å². The summed E-state index contributed by atoms with van der Waals surface area (Å²) in [7, 11) is 0. The molecule has 0 aliphatic carbocycles. The molecule has 3 rings (SSSR count). The molecular formula is C13H15ClN4O2. The first-order chi connectivity index (χ1) is 9.40. The molecule has 0 aromatic carbocycles. The van der Waals surface area contributed by atoms with Gasteiger partial charge in [-0.3, -0.25) is 0 Å². The van der Waals surface area contributed by atoms with Gasteiger partial charge in [-0.05, 0) is 31.4 Å². The number of rotatable bonds is 1. The van der Waals surface area contributed by atoms with Crippen molar-refractivity contribution >= 4 is 11.6 Å². The van der Waals surface area contributed by atoms with Crippen molar-refractivity contribution in [3.8, 4) is 5.82 Å². The smallest absolute Gasteiger partial charge is 0.245 e. The average molecular weight is 295 g/mol. The Bertz CT molecular complexity index is 777. The highest BCUT2D eigenvalue weighted by molar-refractivity contribution is 6.31. The van der Waals surface area contributed by atoms with Crippen LogP contribution >= 0.6 is 11.6 Å². The number of hydrogen-bond acceptors (Lipinski definition) is 3. The first kappa shape index (κ1) is 13.2. The SMILES string of the molecule is Cc1cc(Cl)c(C)nc1-n1c(=O)n2n(c1=O)CC(C)C2. The first-order valence-electron chi connectivity index (χ1n) is 6.47. The molecule has 0 fully saturated rings. The van der Waals surface area contributed by atoms with Crippen molar-refractivity contribution in [1.82, 2.24) is 18.9 Å². The van der Waals surface area contributed by atoms with Crippen LogP contribution in [-0.4, -0.2) is 18.9 Å². The third-order valence-electron chi connectivity index (χ3n) is 3.61. The fraction of sp³-hybridized carbons (Fsp3) is 0.462. The number of pyridine rings is 1. The van der Waals surface area contributed by atoms with Gasteiger partial charge in [0.2, 0.25) is 0 Å². The van der Waals surface area contributed by atoms with E-state index >= 15 is 0 Å². The van der Waals surface area contributed by atoms with E-state index in [-0.39, 0.29) is 11.4 Å². The van der Waals surface area contributed by atoms with Crippen LogP contribution in [0.3, 0.4) is 0 Å². The lowest BCUT2D eigenvalue weighted by atomic mass is 10.2. The highest BCUT2D eigenvalue weighted by Crippen LogP contribution is 2.19. The van der Waals surface area contributed by atoms with Crippen molar-refractivity contribution in [3.63, 3.8) is 0 Å². The Hall–Kier alpha value is -1.82. The average Bonchev–Trinajstić information content (AvgIpc) is 2.85. The van der Waals surface area contributed by atoms with E-state index in [4.69, 9.17) is 11.6 Å². The maximum absolute atomic E-state index is 12.4. The Morgan fingerprint density at radius 3 is 2.30 bits per heavy atom. The minimum absolute atomic E-state index is 0.297. The van der Waals surface area contributed by atoms with E-state index in [0.29, 0.717) is 41.1 Å². The van der Waals surface area contributed by atoms with E-state index in [0.717, 1.165) is 4.57 Å². The Morgan fingerprint density at radius 2 is 1.75 bits per heavy atom. The van der Waals surface area contributed by atoms with Crippen molar-refractivity contribution in [2.45, 2.75) is 33.9 Å². The summed E-state index contributed by atoms with van der Waals surface area (Å²) < 4.78 is 4.10. The zero-order chi connectivity index (χ0) is 14.6. The predicted molar refractivity (Wildman–Crippen MR) is 75.7 cm³/mol. The minimum atomic E-state index is -0.336. The second kappa shape index (κ2) is 4.34. The van der Waals surface area contributed by atoms with E-state index < -0.39 is 0 Å². The lowest BCUT2D eigenvalue weighted by Gasteiger charge is -2.07. The van der Waals surface area contributed by atoms with Crippen LogP contribution in [0.2, 0.25) is 5.02 Å². The fourth-order valence-electron chi connectivity index (χ4n) is 2.59. The molecule has 1 aliphatic heterocycles. The number of nitrogens with zero attached hydrogens (tertiary/aromatic N) is 4. The van der Waals surface area contributed by atoms with Gasteiger partial charge in [0.05, 0.1) is 10.7 Å². The number of halogens is 1.